The van der Waals surface area contributed by atoms with Gasteiger partial charge >= 0.3 is 6.09 Å². The Balaban J connectivity index is 0.00000450. The molecule has 172 valence electrons. The Kier molecular flexibility index (Phi) is 10.9. The molecule has 2 rings (SSSR count). The molecule has 1 N–H and O–H groups in total. The van der Waals surface area contributed by atoms with Gasteiger partial charge in [0.05, 0.1) is 12.2 Å². The molecule has 0 aliphatic carbocycles. The number of aliphatic imine (C=N–C) groups is 1. The number of guanidine groups is 1. The largest absolute Gasteiger partial charge is 0.444 e. The zero-order chi connectivity index (χ0) is 21.4. The van der Waals surface area contributed by atoms with E-state index >= 15 is 0 Å². The Hall–Kier alpha value is -1.52. The molecule has 2 heterocycles. The lowest BCUT2D eigenvalue weighted by atomic mass is 9.96. The van der Waals surface area contributed by atoms with Crippen LogP contribution >= 0.6 is 24.0 Å². The fourth-order valence-corrected chi connectivity index (χ4v) is 3.44. The van der Waals surface area contributed by atoms with E-state index in [2.05, 4.69) is 22.2 Å². The van der Waals surface area contributed by atoms with Crippen LogP contribution in [0.4, 0.5) is 4.79 Å². The van der Waals surface area contributed by atoms with Crippen molar-refractivity contribution in [2.24, 2.45) is 18.0 Å². The smallest absolute Gasteiger partial charge is 0.410 e. The number of likely N-dealkylation sites (tertiary alicyclic amines) is 1. The van der Waals surface area contributed by atoms with Gasteiger partial charge in [0.15, 0.2) is 5.96 Å². The second kappa shape index (κ2) is 12.4. The number of hydrogen-bond donors (Lipinski definition) is 1. The summed E-state index contributed by atoms with van der Waals surface area (Å²) >= 11 is 0. The standard InChI is InChI=1S/C21H38N6O2.HI/c1-7-22-19(23-15-18-9-12-24-25(18)6)27-13-10-17(11-14-27)16-26(8-2)20(28)29-21(3,4)5;/h9,12,17H,7-8,10-11,13-16H2,1-6H3,(H,22,23);1H. The number of hydrogen-bond acceptors (Lipinski definition) is 4. The molecule has 1 saturated heterocycles. The number of nitrogens with one attached hydrogen (secondary N) is 1. The average molecular weight is 534 g/mol. The number of nitrogens with zero attached hydrogens (tertiary/aromatic N) is 5. The fraction of sp³-hybridized carbons (Fsp3) is 0.762. The summed E-state index contributed by atoms with van der Waals surface area (Å²) in [6.45, 7) is 14.6. The first-order valence-electron chi connectivity index (χ1n) is 10.7. The van der Waals surface area contributed by atoms with Crippen molar-refractivity contribution in [2.45, 2.75) is 59.6 Å². The third kappa shape index (κ3) is 8.31. The summed E-state index contributed by atoms with van der Waals surface area (Å²) in [7, 11) is 1.94. The number of rotatable bonds is 6. The monoisotopic (exact) mass is 534 g/mol. The van der Waals surface area contributed by atoms with Gasteiger partial charge in [-0.15, -0.1) is 24.0 Å². The molecule has 0 bridgehead atoms. The van der Waals surface area contributed by atoms with Gasteiger partial charge in [-0.05, 0) is 59.4 Å². The Morgan fingerprint density at radius 2 is 2.00 bits per heavy atom. The summed E-state index contributed by atoms with van der Waals surface area (Å²) in [5, 5.41) is 7.61. The van der Waals surface area contributed by atoms with Crippen molar-refractivity contribution in [1.29, 1.82) is 0 Å². The molecule has 0 spiro atoms. The topological polar surface area (TPSA) is 75.0 Å². The third-order valence-corrected chi connectivity index (χ3v) is 5.07. The molecule has 1 aliphatic rings. The van der Waals surface area contributed by atoms with Crippen LogP contribution in [-0.4, -0.2) is 70.0 Å². The Morgan fingerprint density at radius 3 is 2.50 bits per heavy atom. The molecule has 0 aromatic carbocycles. The Labute approximate surface area is 198 Å². The van der Waals surface area contributed by atoms with E-state index in [4.69, 9.17) is 9.73 Å². The van der Waals surface area contributed by atoms with Gasteiger partial charge in [-0.3, -0.25) is 4.68 Å². The van der Waals surface area contributed by atoms with E-state index in [0.717, 1.165) is 50.7 Å². The highest BCUT2D eigenvalue weighted by atomic mass is 127. The van der Waals surface area contributed by atoms with Gasteiger partial charge in [0.1, 0.15) is 5.60 Å². The summed E-state index contributed by atoms with van der Waals surface area (Å²) in [5.41, 5.74) is 0.630. The van der Waals surface area contributed by atoms with Crippen LogP contribution in [0.3, 0.4) is 0 Å². The van der Waals surface area contributed by atoms with Gasteiger partial charge in [0.25, 0.3) is 0 Å². The highest BCUT2D eigenvalue weighted by Crippen LogP contribution is 2.20. The van der Waals surface area contributed by atoms with Crippen molar-refractivity contribution < 1.29 is 9.53 Å². The third-order valence-electron chi connectivity index (χ3n) is 5.07. The van der Waals surface area contributed by atoms with Crippen LogP contribution in [0.1, 0.15) is 53.2 Å². The molecule has 1 aliphatic heterocycles. The van der Waals surface area contributed by atoms with Crippen molar-refractivity contribution in [2.75, 3.05) is 32.7 Å². The highest BCUT2D eigenvalue weighted by molar-refractivity contribution is 14.0. The molecule has 0 atom stereocenters. The summed E-state index contributed by atoms with van der Waals surface area (Å²) in [6, 6.07) is 2.00. The molecule has 1 aromatic heterocycles. The van der Waals surface area contributed by atoms with Crippen molar-refractivity contribution in [3.63, 3.8) is 0 Å². The van der Waals surface area contributed by atoms with E-state index in [0.29, 0.717) is 19.0 Å². The van der Waals surface area contributed by atoms with Crippen LogP contribution < -0.4 is 5.32 Å². The minimum absolute atomic E-state index is 0. The first-order chi connectivity index (χ1) is 13.7. The van der Waals surface area contributed by atoms with Crippen LogP contribution in [0.5, 0.6) is 0 Å². The molecule has 8 nitrogen and oxygen atoms in total. The molecular weight excluding hydrogens is 495 g/mol. The van der Waals surface area contributed by atoms with Crippen molar-refractivity contribution in [3.05, 3.63) is 18.0 Å². The van der Waals surface area contributed by atoms with Gasteiger partial charge in [-0.25, -0.2) is 9.79 Å². The maximum absolute atomic E-state index is 12.4. The minimum Gasteiger partial charge on any atom is -0.444 e. The second-order valence-corrected chi connectivity index (χ2v) is 8.57. The predicted octanol–water partition coefficient (Wildman–Crippen LogP) is 3.47. The summed E-state index contributed by atoms with van der Waals surface area (Å²) < 4.78 is 7.40. The zero-order valence-electron chi connectivity index (χ0n) is 19.3. The Morgan fingerprint density at radius 1 is 1.33 bits per heavy atom. The van der Waals surface area contributed by atoms with Gasteiger partial charge < -0.3 is 19.9 Å². The zero-order valence-corrected chi connectivity index (χ0v) is 21.7. The molecule has 1 amide bonds. The maximum atomic E-state index is 12.4. The Bertz CT molecular complexity index is 677. The molecular formula is C21H39IN6O2. The van der Waals surface area contributed by atoms with Crippen LogP contribution in [0.25, 0.3) is 0 Å². The van der Waals surface area contributed by atoms with Crippen molar-refractivity contribution in [3.8, 4) is 0 Å². The summed E-state index contributed by atoms with van der Waals surface area (Å²) in [6.07, 6.45) is 3.66. The highest BCUT2D eigenvalue weighted by Gasteiger charge is 2.27. The lowest BCUT2D eigenvalue weighted by Gasteiger charge is -2.36. The van der Waals surface area contributed by atoms with Gasteiger partial charge in [-0.2, -0.15) is 5.10 Å². The molecule has 9 heteroatoms. The SMILES string of the molecule is CCNC(=NCc1ccnn1C)N1CCC(CN(CC)C(=O)OC(C)(C)C)CC1.I. The molecule has 0 unspecified atom stereocenters. The minimum atomic E-state index is -0.459. The van der Waals surface area contributed by atoms with E-state index in [1.165, 1.54) is 0 Å². The van der Waals surface area contributed by atoms with E-state index in [1.54, 1.807) is 6.20 Å². The number of ether oxygens (including phenoxy) is 1. The fourth-order valence-electron chi connectivity index (χ4n) is 3.44. The first-order valence-corrected chi connectivity index (χ1v) is 10.7. The number of aryl methyl sites for hydroxylation is 1. The van der Waals surface area contributed by atoms with E-state index in [1.807, 2.05) is 50.4 Å². The van der Waals surface area contributed by atoms with Gasteiger partial charge in [0.2, 0.25) is 0 Å². The van der Waals surface area contributed by atoms with E-state index in [-0.39, 0.29) is 30.1 Å². The summed E-state index contributed by atoms with van der Waals surface area (Å²) in [5.74, 6) is 1.44. The summed E-state index contributed by atoms with van der Waals surface area (Å²) in [4.78, 5) is 21.3. The van der Waals surface area contributed by atoms with Gasteiger partial charge in [-0.1, -0.05) is 0 Å². The van der Waals surface area contributed by atoms with Crippen LogP contribution in [0.2, 0.25) is 0 Å². The van der Waals surface area contributed by atoms with Crippen molar-refractivity contribution >= 4 is 36.0 Å². The molecule has 0 saturated carbocycles. The number of piperidine rings is 1. The molecule has 0 radical (unpaired) electrons. The lowest BCUT2D eigenvalue weighted by molar-refractivity contribution is 0.0214. The van der Waals surface area contributed by atoms with Crippen LogP contribution in [-0.2, 0) is 18.3 Å². The normalized spacial score (nSPS) is 15.5. The quantitative estimate of drug-likeness (QED) is 0.344. The van der Waals surface area contributed by atoms with E-state index in [9.17, 15) is 4.79 Å². The first kappa shape index (κ1) is 26.5. The average Bonchev–Trinajstić information content (AvgIpc) is 3.07. The number of amides is 1. The second-order valence-electron chi connectivity index (χ2n) is 8.57. The molecule has 1 aromatic rings. The van der Waals surface area contributed by atoms with Crippen LogP contribution in [0.15, 0.2) is 17.3 Å². The molecule has 1 fully saturated rings. The maximum Gasteiger partial charge on any atom is 0.410 e. The lowest BCUT2D eigenvalue weighted by Crippen LogP contribution is -2.47. The number of halogens is 1. The number of aromatic nitrogens is 2. The number of carbonyl (C=O) groups excluding carboxylic acids is 1. The predicted molar refractivity (Wildman–Crippen MR) is 131 cm³/mol. The van der Waals surface area contributed by atoms with Crippen LogP contribution in [0, 0.1) is 5.92 Å². The van der Waals surface area contributed by atoms with Crippen molar-refractivity contribution in [1.82, 2.24) is 24.9 Å². The number of carbonyl (C=O) groups is 1. The molecule has 30 heavy (non-hydrogen) atoms. The van der Waals surface area contributed by atoms with E-state index < -0.39 is 5.60 Å². The van der Waals surface area contributed by atoms with Gasteiger partial charge in [0, 0.05) is 46.0 Å².